The molecule has 1 amide bonds. The Balaban J connectivity index is 2.31. The molecule has 2 rings (SSSR count). The molecule has 18 heavy (non-hydrogen) atoms. The Morgan fingerprint density at radius 1 is 1.56 bits per heavy atom. The zero-order valence-corrected chi connectivity index (χ0v) is 11.5. The normalized spacial score (nSPS) is 10.4. The zero-order valence-electron chi connectivity index (χ0n) is 9.13. The number of carbonyl (C=O) groups is 1. The second kappa shape index (κ2) is 5.07. The summed E-state index contributed by atoms with van der Waals surface area (Å²) in [5, 5.41) is 2.62. The number of hydrogen-bond acceptors (Lipinski definition) is 3. The Morgan fingerprint density at radius 2 is 2.28 bits per heavy atom. The smallest absolute Gasteiger partial charge is 0.293 e. The van der Waals surface area contributed by atoms with Gasteiger partial charge in [0.2, 0.25) is 5.76 Å². The lowest BCUT2D eigenvalue weighted by molar-refractivity contribution is 0.0996. The van der Waals surface area contributed by atoms with Crippen LogP contribution in [0.4, 0.5) is 10.1 Å². The highest BCUT2D eigenvalue weighted by Gasteiger charge is 2.17. The van der Waals surface area contributed by atoms with Gasteiger partial charge in [-0.15, -0.1) is 0 Å². The van der Waals surface area contributed by atoms with Crippen LogP contribution in [0.3, 0.4) is 0 Å². The fourth-order valence-electron chi connectivity index (χ4n) is 1.35. The van der Waals surface area contributed by atoms with Crippen LogP contribution >= 0.6 is 27.5 Å². The lowest BCUT2D eigenvalue weighted by Crippen LogP contribution is -2.13. The van der Waals surface area contributed by atoms with E-state index in [1.165, 1.54) is 12.5 Å². The molecule has 0 spiro atoms. The van der Waals surface area contributed by atoms with Crippen LogP contribution in [-0.4, -0.2) is 10.9 Å². The minimum absolute atomic E-state index is 0.0855. The highest BCUT2D eigenvalue weighted by Crippen LogP contribution is 2.32. The van der Waals surface area contributed by atoms with E-state index in [4.69, 9.17) is 16.0 Å². The summed E-state index contributed by atoms with van der Waals surface area (Å²) in [5.41, 5.74) is 0.737. The molecule has 1 aromatic heterocycles. The maximum absolute atomic E-state index is 13.0. The molecule has 0 unspecified atom stereocenters. The van der Waals surface area contributed by atoms with Crippen molar-refractivity contribution >= 4 is 39.1 Å². The number of halogens is 3. The lowest BCUT2D eigenvalue weighted by atomic mass is 10.3. The number of rotatable bonds is 2. The third-order valence-corrected chi connectivity index (χ3v) is 3.12. The third kappa shape index (κ3) is 2.54. The Labute approximate surface area is 115 Å². The molecule has 1 heterocycles. The van der Waals surface area contributed by atoms with Gasteiger partial charge in [-0.3, -0.25) is 4.79 Å². The molecular weight excluding hydrogens is 326 g/mol. The molecule has 0 saturated heterocycles. The molecular formula is C11H7BrClFN2O2. The molecule has 7 heteroatoms. The minimum atomic E-state index is -0.501. The molecule has 94 valence electrons. The summed E-state index contributed by atoms with van der Waals surface area (Å²) >= 11 is 8.97. The number of benzene rings is 1. The molecule has 4 nitrogen and oxygen atoms in total. The molecule has 1 N–H and O–H groups in total. The van der Waals surface area contributed by atoms with Crippen LogP contribution in [0.25, 0.3) is 0 Å². The van der Waals surface area contributed by atoms with Gasteiger partial charge >= 0.3 is 0 Å². The summed E-state index contributed by atoms with van der Waals surface area (Å²) in [6.07, 6.45) is 1.17. The van der Waals surface area contributed by atoms with E-state index in [-0.39, 0.29) is 16.5 Å². The van der Waals surface area contributed by atoms with Gasteiger partial charge in [0.15, 0.2) is 6.39 Å². The van der Waals surface area contributed by atoms with Crippen molar-refractivity contribution in [2.24, 2.45) is 0 Å². The monoisotopic (exact) mass is 332 g/mol. The van der Waals surface area contributed by atoms with Crippen molar-refractivity contribution in [3.05, 3.63) is 45.3 Å². The van der Waals surface area contributed by atoms with Gasteiger partial charge in [-0.05, 0) is 35.0 Å². The Morgan fingerprint density at radius 3 is 2.83 bits per heavy atom. The van der Waals surface area contributed by atoms with Gasteiger partial charge in [-0.2, -0.15) is 0 Å². The van der Waals surface area contributed by atoms with E-state index in [2.05, 4.69) is 26.2 Å². The Kier molecular flexibility index (Phi) is 3.68. The average Bonchev–Trinajstić information content (AvgIpc) is 2.69. The first-order chi connectivity index (χ1) is 8.49. The quantitative estimate of drug-likeness (QED) is 0.909. The van der Waals surface area contributed by atoms with Crippen LogP contribution in [0.2, 0.25) is 5.02 Å². The van der Waals surface area contributed by atoms with Crippen molar-refractivity contribution in [3.8, 4) is 0 Å². The van der Waals surface area contributed by atoms with Crippen LogP contribution in [0.1, 0.15) is 16.2 Å². The number of nitrogens with zero attached hydrogens (tertiary/aromatic N) is 1. The summed E-state index contributed by atoms with van der Waals surface area (Å²) < 4.78 is 18.3. The van der Waals surface area contributed by atoms with Crippen molar-refractivity contribution in [1.29, 1.82) is 0 Å². The van der Waals surface area contributed by atoms with E-state index >= 15 is 0 Å². The molecule has 2 aromatic rings. The highest BCUT2D eigenvalue weighted by molar-refractivity contribution is 9.10. The number of hydrogen-bond donors (Lipinski definition) is 1. The fourth-order valence-corrected chi connectivity index (χ4v) is 2.25. The number of carbonyl (C=O) groups excluding carboxylic acids is 1. The number of nitrogens with one attached hydrogen (secondary N) is 1. The van der Waals surface area contributed by atoms with Crippen LogP contribution in [0.15, 0.2) is 27.4 Å². The van der Waals surface area contributed by atoms with Crippen LogP contribution < -0.4 is 5.32 Å². The van der Waals surface area contributed by atoms with Crippen LogP contribution in [-0.2, 0) is 0 Å². The van der Waals surface area contributed by atoms with Crippen molar-refractivity contribution < 1.29 is 13.6 Å². The minimum Gasteiger partial charge on any atom is -0.438 e. The third-order valence-electron chi connectivity index (χ3n) is 2.20. The summed E-state index contributed by atoms with van der Waals surface area (Å²) in [6.45, 7) is 1.64. The largest absolute Gasteiger partial charge is 0.438 e. The summed E-state index contributed by atoms with van der Waals surface area (Å²) in [5.74, 6) is -0.915. The standard InChI is InChI=1S/C11H7BrClFN2O2/c1-5-10(18-4-15-5)11(17)16-9-7(12)2-6(14)3-8(9)13/h2-4H,1H3,(H,16,17). The number of amides is 1. The maximum Gasteiger partial charge on any atom is 0.293 e. The molecule has 0 saturated carbocycles. The van der Waals surface area contributed by atoms with E-state index in [0.717, 1.165) is 6.07 Å². The predicted molar refractivity (Wildman–Crippen MR) is 68.3 cm³/mol. The topological polar surface area (TPSA) is 55.1 Å². The SMILES string of the molecule is Cc1ncoc1C(=O)Nc1c(Cl)cc(F)cc1Br. The van der Waals surface area contributed by atoms with Gasteiger partial charge < -0.3 is 9.73 Å². The van der Waals surface area contributed by atoms with Gasteiger partial charge in [0.1, 0.15) is 5.82 Å². The highest BCUT2D eigenvalue weighted by atomic mass is 79.9. The van der Waals surface area contributed by atoms with Crippen molar-refractivity contribution in [2.45, 2.75) is 6.92 Å². The van der Waals surface area contributed by atoms with Gasteiger partial charge in [0, 0.05) is 4.47 Å². The predicted octanol–water partition coefficient (Wildman–Crippen LogP) is 3.79. The first-order valence-corrected chi connectivity index (χ1v) is 6.02. The first-order valence-electron chi connectivity index (χ1n) is 4.85. The Bertz CT molecular complexity index is 592. The number of aromatic nitrogens is 1. The second-order valence-corrected chi connectivity index (χ2v) is 4.73. The van der Waals surface area contributed by atoms with E-state index < -0.39 is 11.7 Å². The molecule has 0 radical (unpaired) electrons. The molecule has 0 bridgehead atoms. The van der Waals surface area contributed by atoms with Gasteiger partial charge in [0.25, 0.3) is 5.91 Å². The summed E-state index contributed by atoms with van der Waals surface area (Å²) in [7, 11) is 0. The summed E-state index contributed by atoms with van der Waals surface area (Å²) in [4.78, 5) is 15.7. The Hall–Kier alpha value is -1.40. The fraction of sp³-hybridized carbons (Fsp3) is 0.0909. The van der Waals surface area contributed by atoms with Crippen LogP contribution in [0.5, 0.6) is 0 Å². The van der Waals surface area contributed by atoms with E-state index in [1.54, 1.807) is 6.92 Å². The molecule has 0 aliphatic carbocycles. The van der Waals surface area contributed by atoms with Crippen molar-refractivity contribution in [3.63, 3.8) is 0 Å². The zero-order chi connectivity index (χ0) is 13.3. The van der Waals surface area contributed by atoms with Gasteiger partial charge in [-0.25, -0.2) is 9.37 Å². The maximum atomic E-state index is 13.0. The van der Waals surface area contributed by atoms with Crippen molar-refractivity contribution in [2.75, 3.05) is 5.32 Å². The van der Waals surface area contributed by atoms with E-state index in [0.29, 0.717) is 10.2 Å². The molecule has 0 aliphatic heterocycles. The lowest BCUT2D eigenvalue weighted by Gasteiger charge is -2.08. The molecule has 1 aromatic carbocycles. The van der Waals surface area contributed by atoms with E-state index in [1.807, 2.05) is 0 Å². The first kappa shape index (κ1) is 13.0. The summed E-state index contributed by atoms with van der Waals surface area (Å²) in [6, 6.07) is 2.31. The van der Waals surface area contributed by atoms with E-state index in [9.17, 15) is 9.18 Å². The van der Waals surface area contributed by atoms with Crippen molar-refractivity contribution in [1.82, 2.24) is 4.98 Å². The molecule has 0 fully saturated rings. The number of oxazole rings is 1. The molecule has 0 aliphatic rings. The number of aryl methyl sites for hydroxylation is 1. The average molecular weight is 334 g/mol. The molecule has 0 atom stereocenters. The second-order valence-electron chi connectivity index (χ2n) is 3.47. The van der Waals surface area contributed by atoms with Gasteiger partial charge in [-0.1, -0.05) is 11.6 Å². The van der Waals surface area contributed by atoms with Gasteiger partial charge in [0.05, 0.1) is 16.4 Å². The number of anilines is 1. The van der Waals surface area contributed by atoms with Crippen LogP contribution in [0, 0.1) is 12.7 Å².